The van der Waals surface area contributed by atoms with Crippen LogP contribution in [0, 0.1) is 23.5 Å². The molecule has 37 heavy (non-hydrogen) atoms. The first-order chi connectivity index (χ1) is 17.8. The molecule has 0 saturated carbocycles. The summed E-state index contributed by atoms with van der Waals surface area (Å²) < 4.78 is 26.4. The molecular formula is C27H23F2N5O3. The van der Waals surface area contributed by atoms with E-state index >= 15 is 0 Å². The molecule has 0 aliphatic heterocycles. The Morgan fingerprint density at radius 3 is 2.68 bits per heavy atom. The lowest BCUT2D eigenvalue weighted by Crippen LogP contribution is -2.24. The van der Waals surface area contributed by atoms with E-state index in [1.165, 1.54) is 24.8 Å². The van der Waals surface area contributed by atoms with Gasteiger partial charge in [0.05, 0.1) is 30.5 Å². The highest BCUT2D eigenvalue weighted by molar-refractivity contribution is 5.97. The van der Waals surface area contributed by atoms with E-state index in [1.807, 2.05) is 6.07 Å². The summed E-state index contributed by atoms with van der Waals surface area (Å²) in [7, 11) is 1.55. The van der Waals surface area contributed by atoms with Gasteiger partial charge in [0.15, 0.2) is 11.6 Å². The predicted octanol–water partition coefficient (Wildman–Crippen LogP) is 2.93. The Bertz CT molecular complexity index is 1460. The Morgan fingerprint density at radius 2 is 1.95 bits per heavy atom. The van der Waals surface area contributed by atoms with E-state index < -0.39 is 17.5 Å². The van der Waals surface area contributed by atoms with Crippen LogP contribution in [-0.4, -0.2) is 48.0 Å². The smallest absolute Gasteiger partial charge is 0.252 e. The van der Waals surface area contributed by atoms with Crippen molar-refractivity contribution in [3.05, 3.63) is 88.8 Å². The molecule has 0 bridgehead atoms. The highest BCUT2D eigenvalue weighted by Gasteiger charge is 2.07. The molecule has 0 unspecified atom stereocenters. The number of halogens is 2. The molecule has 1 heterocycles. The van der Waals surface area contributed by atoms with Gasteiger partial charge in [0, 0.05) is 36.0 Å². The van der Waals surface area contributed by atoms with Gasteiger partial charge in [-0.1, -0.05) is 17.9 Å². The van der Waals surface area contributed by atoms with Gasteiger partial charge in [-0.05, 0) is 48.9 Å². The number of rotatable bonds is 8. The number of hydrogen-bond acceptors (Lipinski definition) is 5. The molecule has 0 aliphatic carbocycles. The summed E-state index contributed by atoms with van der Waals surface area (Å²) in [4.78, 5) is 44.6. The fraction of sp³-hybridized carbons (Fsp3) is 0.148. The fourth-order valence-electron chi connectivity index (χ4n) is 3.13. The topological polar surface area (TPSA) is 104 Å². The summed E-state index contributed by atoms with van der Waals surface area (Å²) in [5, 5.41) is 5.97. The van der Waals surface area contributed by atoms with E-state index in [9.17, 15) is 23.2 Å². The maximum absolute atomic E-state index is 13.3. The zero-order valence-corrected chi connectivity index (χ0v) is 20.1. The van der Waals surface area contributed by atoms with E-state index in [0.29, 0.717) is 23.1 Å². The van der Waals surface area contributed by atoms with Crippen LogP contribution in [0.15, 0.2) is 65.4 Å². The number of hydrogen-bond donors (Lipinski definition) is 2. The van der Waals surface area contributed by atoms with Crippen LogP contribution in [0.25, 0.3) is 10.9 Å². The summed E-state index contributed by atoms with van der Waals surface area (Å²) in [6.07, 6.45) is 4.43. The summed E-state index contributed by atoms with van der Waals surface area (Å²) in [6, 6.07) is 10.5. The van der Waals surface area contributed by atoms with Crippen molar-refractivity contribution in [3.8, 4) is 11.8 Å². The van der Waals surface area contributed by atoms with Gasteiger partial charge in [-0.2, -0.15) is 0 Å². The quantitative estimate of drug-likeness (QED) is 0.162. The maximum atomic E-state index is 13.3. The first kappa shape index (κ1) is 26.7. The monoisotopic (exact) mass is 503 g/mol. The minimum absolute atomic E-state index is 0.0170. The van der Waals surface area contributed by atoms with Gasteiger partial charge in [0.25, 0.3) is 5.91 Å². The Morgan fingerprint density at radius 1 is 1.14 bits per heavy atom. The summed E-state index contributed by atoms with van der Waals surface area (Å²) >= 11 is 0. The number of benzene rings is 2. The van der Waals surface area contributed by atoms with Crippen molar-refractivity contribution in [1.29, 1.82) is 0 Å². The van der Waals surface area contributed by atoms with Gasteiger partial charge < -0.3 is 15.5 Å². The van der Waals surface area contributed by atoms with E-state index in [4.69, 9.17) is 0 Å². The molecule has 0 atom stereocenters. The van der Waals surface area contributed by atoms with E-state index in [0.717, 1.165) is 27.9 Å². The maximum Gasteiger partial charge on any atom is 0.252 e. The van der Waals surface area contributed by atoms with Gasteiger partial charge >= 0.3 is 0 Å². The molecule has 0 fully saturated rings. The third-order valence-corrected chi connectivity index (χ3v) is 5.07. The van der Waals surface area contributed by atoms with Crippen LogP contribution in [-0.2, 0) is 16.1 Å². The summed E-state index contributed by atoms with van der Waals surface area (Å²) in [5.41, 5.74) is 2.52. The predicted molar refractivity (Wildman–Crippen MR) is 135 cm³/mol. The standard InChI is InChI=1S/C27H23F2N5O3/c1-18(13-31-16-34(17-35)15-20-5-7-23(28)24(29)11-20)26(36)32-9-3-4-19-6-8-25-21(10-19)12-22(14-33-25)27(37)30-2/h5-8,10-14,16-17H,9,15H2,1-2H3,(H,30,37)(H,32,36)/b18-13+,31-16?. The fourth-order valence-corrected chi connectivity index (χ4v) is 3.13. The molecule has 2 N–H and O–H groups in total. The van der Waals surface area contributed by atoms with Crippen LogP contribution in [0.1, 0.15) is 28.4 Å². The average Bonchev–Trinajstić information content (AvgIpc) is 2.91. The van der Waals surface area contributed by atoms with Crippen molar-refractivity contribution in [1.82, 2.24) is 20.5 Å². The first-order valence-electron chi connectivity index (χ1n) is 11.0. The van der Waals surface area contributed by atoms with Crippen LogP contribution < -0.4 is 10.6 Å². The number of aliphatic imine (C=N–C) groups is 1. The number of amides is 3. The Kier molecular flexibility index (Phi) is 9.16. The number of pyridine rings is 1. The number of carbonyl (C=O) groups is 3. The summed E-state index contributed by atoms with van der Waals surface area (Å²) in [5.74, 6) is 3.19. The van der Waals surface area contributed by atoms with Crippen LogP contribution in [0.2, 0.25) is 0 Å². The Hall–Kier alpha value is -4.91. The Labute approximate surface area is 212 Å². The molecule has 3 rings (SSSR count). The van der Waals surface area contributed by atoms with Gasteiger partial charge in [-0.25, -0.2) is 13.8 Å². The normalized spacial score (nSPS) is 11.1. The highest BCUT2D eigenvalue weighted by atomic mass is 19.2. The molecule has 1 aromatic heterocycles. The van der Waals surface area contributed by atoms with E-state index in [1.54, 1.807) is 32.2 Å². The van der Waals surface area contributed by atoms with Crippen LogP contribution in [0.5, 0.6) is 0 Å². The molecule has 188 valence electrons. The van der Waals surface area contributed by atoms with Crippen LogP contribution >= 0.6 is 0 Å². The van der Waals surface area contributed by atoms with Gasteiger partial charge in [0.1, 0.15) is 0 Å². The third-order valence-electron chi connectivity index (χ3n) is 5.07. The van der Waals surface area contributed by atoms with Crippen molar-refractivity contribution in [3.63, 3.8) is 0 Å². The van der Waals surface area contributed by atoms with Gasteiger partial charge in [-0.3, -0.25) is 19.4 Å². The Balaban J connectivity index is 1.55. The highest BCUT2D eigenvalue weighted by Crippen LogP contribution is 2.15. The molecule has 10 heteroatoms. The van der Waals surface area contributed by atoms with Crippen molar-refractivity contribution < 1.29 is 23.2 Å². The number of nitrogens with zero attached hydrogens (tertiary/aromatic N) is 3. The molecule has 0 radical (unpaired) electrons. The average molecular weight is 504 g/mol. The van der Waals surface area contributed by atoms with Crippen molar-refractivity contribution >= 4 is 35.5 Å². The van der Waals surface area contributed by atoms with Gasteiger partial charge in [-0.15, -0.1) is 0 Å². The lowest BCUT2D eigenvalue weighted by Gasteiger charge is -2.11. The minimum Gasteiger partial charge on any atom is -0.355 e. The first-order valence-corrected chi connectivity index (χ1v) is 11.0. The third kappa shape index (κ3) is 7.53. The van der Waals surface area contributed by atoms with Crippen molar-refractivity contribution in [2.75, 3.05) is 13.6 Å². The molecule has 0 spiro atoms. The molecule has 0 saturated heterocycles. The second kappa shape index (κ2) is 12.7. The lowest BCUT2D eigenvalue weighted by atomic mass is 10.1. The SMILES string of the molecule is CNC(=O)c1cnc2ccc(C#CCNC(=O)/C(C)=C/N=CN(C=O)Cc3ccc(F)c(F)c3)cc2c1. The second-order valence-corrected chi connectivity index (χ2v) is 7.80. The van der Waals surface area contributed by atoms with Gasteiger partial charge in [0.2, 0.25) is 12.3 Å². The van der Waals surface area contributed by atoms with Crippen molar-refractivity contribution in [2.24, 2.45) is 4.99 Å². The van der Waals surface area contributed by atoms with Crippen LogP contribution in [0.4, 0.5) is 8.78 Å². The molecule has 0 aliphatic rings. The van der Waals surface area contributed by atoms with Crippen molar-refractivity contribution in [2.45, 2.75) is 13.5 Å². The lowest BCUT2D eigenvalue weighted by molar-refractivity contribution is -0.117. The van der Waals surface area contributed by atoms with E-state index in [-0.39, 0.29) is 24.6 Å². The molecule has 3 aromatic rings. The molecular weight excluding hydrogens is 480 g/mol. The van der Waals surface area contributed by atoms with E-state index in [2.05, 4.69) is 32.5 Å². The zero-order valence-electron chi connectivity index (χ0n) is 20.1. The molecule has 8 nitrogen and oxygen atoms in total. The second-order valence-electron chi connectivity index (χ2n) is 7.80. The minimum atomic E-state index is -1.01. The number of aromatic nitrogens is 1. The largest absolute Gasteiger partial charge is 0.355 e. The zero-order chi connectivity index (χ0) is 26.8. The summed E-state index contributed by atoms with van der Waals surface area (Å²) in [6.45, 7) is 1.61. The molecule has 2 aromatic carbocycles. The van der Waals surface area contributed by atoms with Crippen LogP contribution in [0.3, 0.4) is 0 Å². The number of fused-ring (bicyclic) bond motifs is 1. The number of nitrogens with one attached hydrogen (secondary N) is 2. The molecule has 3 amide bonds. The number of carbonyl (C=O) groups excluding carboxylic acids is 3.